The Balaban J connectivity index is 2.13. The van der Waals surface area contributed by atoms with Gasteiger partial charge in [-0.25, -0.2) is 4.98 Å². The summed E-state index contributed by atoms with van der Waals surface area (Å²) in [6.45, 7) is 5.51. The number of nitrogens with zero attached hydrogens (tertiary/aromatic N) is 1. The third-order valence-corrected chi connectivity index (χ3v) is 3.08. The van der Waals surface area contributed by atoms with Gasteiger partial charge in [-0.05, 0) is 12.8 Å². The van der Waals surface area contributed by atoms with E-state index in [4.69, 9.17) is 0 Å². The van der Waals surface area contributed by atoms with Crippen LogP contribution in [-0.4, -0.2) is 17.6 Å². The monoisotopic (exact) mass is 198 g/mol. The molecule has 0 spiro atoms. The fourth-order valence-corrected chi connectivity index (χ4v) is 1.96. The predicted octanol–water partition coefficient (Wildman–Crippen LogP) is 2.46. The molecule has 1 N–H and O–H groups in total. The first-order valence-electron chi connectivity index (χ1n) is 4.98. The highest BCUT2D eigenvalue weighted by Gasteiger charge is 2.01. The molecule has 0 bridgehead atoms. The van der Waals surface area contributed by atoms with Crippen LogP contribution in [0, 0.1) is 0 Å². The zero-order chi connectivity index (χ0) is 9.52. The largest absolute Gasteiger partial charge is 0.314 e. The van der Waals surface area contributed by atoms with Crippen molar-refractivity contribution in [3.63, 3.8) is 0 Å². The van der Waals surface area contributed by atoms with Gasteiger partial charge in [0.05, 0.1) is 5.01 Å². The number of aromatic nitrogens is 1. The van der Waals surface area contributed by atoms with E-state index in [2.05, 4.69) is 24.1 Å². The smallest absolute Gasteiger partial charge is 0.0937 e. The molecule has 0 radical (unpaired) electrons. The fourth-order valence-electron chi connectivity index (χ4n) is 1.34. The summed E-state index contributed by atoms with van der Waals surface area (Å²) in [5, 5.41) is 6.79. The van der Waals surface area contributed by atoms with E-state index in [0.29, 0.717) is 6.04 Å². The Morgan fingerprint density at radius 1 is 1.46 bits per heavy atom. The second-order valence-electron chi connectivity index (χ2n) is 3.14. The molecule has 74 valence electrons. The molecule has 0 atom stereocenters. The lowest BCUT2D eigenvalue weighted by atomic mass is 10.2. The van der Waals surface area contributed by atoms with Gasteiger partial charge in [-0.3, -0.25) is 0 Å². The number of hydrogen-bond donors (Lipinski definition) is 1. The van der Waals surface area contributed by atoms with Gasteiger partial charge in [-0.2, -0.15) is 0 Å². The van der Waals surface area contributed by atoms with Crippen molar-refractivity contribution in [1.29, 1.82) is 0 Å². The highest BCUT2D eigenvalue weighted by Crippen LogP contribution is 2.04. The molecule has 0 amide bonds. The molecule has 1 aromatic heterocycles. The Kier molecular flexibility index (Phi) is 5.01. The maximum atomic E-state index is 4.24. The molecule has 0 unspecified atom stereocenters. The summed E-state index contributed by atoms with van der Waals surface area (Å²) in [7, 11) is 0. The Morgan fingerprint density at radius 2 is 2.23 bits per heavy atom. The van der Waals surface area contributed by atoms with E-state index >= 15 is 0 Å². The van der Waals surface area contributed by atoms with Crippen LogP contribution in [-0.2, 0) is 6.42 Å². The Bertz CT molecular complexity index is 205. The Hall–Kier alpha value is -0.410. The minimum atomic E-state index is 0.681. The van der Waals surface area contributed by atoms with Crippen LogP contribution in [0.15, 0.2) is 11.6 Å². The molecule has 0 aromatic carbocycles. The van der Waals surface area contributed by atoms with Gasteiger partial charge in [0.15, 0.2) is 0 Å². The van der Waals surface area contributed by atoms with E-state index in [-0.39, 0.29) is 0 Å². The van der Waals surface area contributed by atoms with Crippen LogP contribution in [0.1, 0.15) is 31.7 Å². The molecule has 0 fully saturated rings. The van der Waals surface area contributed by atoms with Gasteiger partial charge in [-0.15, -0.1) is 11.3 Å². The molecule has 0 aliphatic rings. The average Bonchev–Trinajstić information content (AvgIpc) is 2.65. The van der Waals surface area contributed by atoms with E-state index < -0.39 is 0 Å². The van der Waals surface area contributed by atoms with Crippen LogP contribution < -0.4 is 5.32 Å². The zero-order valence-electron chi connectivity index (χ0n) is 8.42. The molecule has 1 heterocycles. The van der Waals surface area contributed by atoms with Crippen molar-refractivity contribution in [2.24, 2.45) is 0 Å². The average molecular weight is 198 g/mol. The van der Waals surface area contributed by atoms with Crippen molar-refractivity contribution < 1.29 is 0 Å². The lowest BCUT2D eigenvalue weighted by Crippen LogP contribution is -2.29. The van der Waals surface area contributed by atoms with Crippen molar-refractivity contribution in [2.75, 3.05) is 6.54 Å². The van der Waals surface area contributed by atoms with E-state index in [1.165, 1.54) is 17.8 Å². The molecule has 0 saturated heterocycles. The summed E-state index contributed by atoms with van der Waals surface area (Å²) in [4.78, 5) is 4.24. The molecule has 13 heavy (non-hydrogen) atoms. The molecule has 1 rings (SSSR count). The molecule has 0 aliphatic carbocycles. The first-order chi connectivity index (χ1) is 6.36. The van der Waals surface area contributed by atoms with E-state index in [0.717, 1.165) is 13.0 Å². The highest BCUT2D eigenvalue weighted by molar-refractivity contribution is 7.09. The quantitative estimate of drug-likeness (QED) is 0.759. The Labute approximate surface area is 84.4 Å². The van der Waals surface area contributed by atoms with Crippen LogP contribution in [0.3, 0.4) is 0 Å². The summed E-state index contributed by atoms with van der Waals surface area (Å²) in [6.07, 6.45) is 5.37. The number of rotatable bonds is 6. The van der Waals surface area contributed by atoms with Crippen LogP contribution in [0.25, 0.3) is 0 Å². The molecule has 3 heteroatoms. The lowest BCUT2D eigenvalue weighted by molar-refractivity contribution is 0.488. The van der Waals surface area contributed by atoms with Gasteiger partial charge in [-0.1, -0.05) is 13.8 Å². The maximum Gasteiger partial charge on any atom is 0.0937 e. The first kappa shape index (κ1) is 10.7. The number of hydrogen-bond acceptors (Lipinski definition) is 3. The van der Waals surface area contributed by atoms with Crippen LogP contribution >= 0.6 is 11.3 Å². The van der Waals surface area contributed by atoms with Gasteiger partial charge in [0, 0.05) is 30.6 Å². The molecule has 1 aromatic rings. The summed E-state index contributed by atoms with van der Waals surface area (Å²) < 4.78 is 0. The van der Waals surface area contributed by atoms with Crippen molar-refractivity contribution in [2.45, 2.75) is 39.2 Å². The predicted molar refractivity (Wildman–Crippen MR) is 58.2 cm³/mol. The highest BCUT2D eigenvalue weighted by atomic mass is 32.1. The van der Waals surface area contributed by atoms with Crippen molar-refractivity contribution in [1.82, 2.24) is 10.3 Å². The van der Waals surface area contributed by atoms with Gasteiger partial charge < -0.3 is 5.32 Å². The van der Waals surface area contributed by atoms with Gasteiger partial charge in [0.25, 0.3) is 0 Å². The summed E-state index contributed by atoms with van der Waals surface area (Å²) in [5.74, 6) is 0. The number of nitrogens with one attached hydrogen (secondary N) is 1. The van der Waals surface area contributed by atoms with Crippen molar-refractivity contribution in [3.05, 3.63) is 16.6 Å². The first-order valence-corrected chi connectivity index (χ1v) is 5.86. The summed E-state index contributed by atoms with van der Waals surface area (Å²) in [6, 6.07) is 0.681. The summed E-state index contributed by atoms with van der Waals surface area (Å²) >= 11 is 1.74. The molecule has 0 aliphatic heterocycles. The van der Waals surface area contributed by atoms with Crippen molar-refractivity contribution >= 4 is 11.3 Å². The number of thiazole rings is 1. The SMILES string of the molecule is CCC(CC)NCCc1nccs1. The molecular formula is C10H18N2S. The van der Waals surface area contributed by atoms with Crippen LogP contribution in [0.2, 0.25) is 0 Å². The minimum Gasteiger partial charge on any atom is -0.314 e. The van der Waals surface area contributed by atoms with Crippen LogP contribution in [0.5, 0.6) is 0 Å². The third-order valence-electron chi connectivity index (χ3n) is 2.24. The lowest BCUT2D eigenvalue weighted by Gasteiger charge is -2.13. The normalized spacial score (nSPS) is 11.0. The topological polar surface area (TPSA) is 24.9 Å². The van der Waals surface area contributed by atoms with Gasteiger partial charge >= 0.3 is 0 Å². The molecule has 0 saturated carbocycles. The second-order valence-corrected chi connectivity index (χ2v) is 4.12. The zero-order valence-corrected chi connectivity index (χ0v) is 9.23. The Morgan fingerprint density at radius 3 is 2.77 bits per heavy atom. The van der Waals surface area contributed by atoms with E-state index in [1.807, 2.05) is 11.6 Å². The third kappa shape index (κ3) is 3.87. The van der Waals surface area contributed by atoms with Gasteiger partial charge in [0.2, 0.25) is 0 Å². The van der Waals surface area contributed by atoms with Gasteiger partial charge in [0.1, 0.15) is 0 Å². The standard InChI is InChI=1S/C10H18N2S/c1-3-9(4-2)11-6-5-10-12-7-8-13-10/h7-9,11H,3-6H2,1-2H3. The second kappa shape index (κ2) is 6.11. The fraction of sp³-hybridized carbons (Fsp3) is 0.700. The van der Waals surface area contributed by atoms with E-state index in [9.17, 15) is 0 Å². The van der Waals surface area contributed by atoms with Crippen LogP contribution in [0.4, 0.5) is 0 Å². The van der Waals surface area contributed by atoms with E-state index in [1.54, 1.807) is 11.3 Å². The molecular weight excluding hydrogens is 180 g/mol. The maximum absolute atomic E-state index is 4.24. The summed E-state index contributed by atoms with van der Waals surface area (Å²) in [5.41, 5.74) is 0. The minimum absolute atomic E-state index is 0.681. The molecule has 2 nitrogen and oxygen atoms in total. The van der Waals surface area contributed by atoms with Crippen molar-refractivity contribution in [3.8, 4) is 0 Å².